The van der Waals surface area contributed by atoms with Gasteiger partial charge >= 0.3 is 12.1 Å². The number of urea groups is 1. The number of nitrogens with zero attached hydrogens (tertiary/aromatic N) is 2. The maximum atomic E-state index is 13.6. The van der Waals surface area contributed by atoms with E-state index in [1.165, 1.54) is 0 Å². The Hall–Kier alpha value is -3.89. The lowest BCUT2D eigenvalue weighted by atomic mass is 9.80. The van der Waals surface area contributed by atoms with Crippen LogP contribution in [0.25, 0.3) is 11.1 Å². The number of amides is 4. The van der Waals surface area contributed by atoms with Gasteiger partial charge in [0.15, 0.2) is 5.78 Å². The number of nitrogens with one attached hydrogen (secondary N) is 2. The Morgan fingerprint density at radius 3 is 2.37 bits per heavy atom. The number of alkyl carbamates (subject to hydrolysis) is 1. The zero-order valence-corrected chi connectivity index (χ0v) is 21.5. The molecule has 2 heterocycles. The summed E-state index contributed by atoms with van der Waals surface area (Å²) in [6.45, 7) is 5.03. The molecule has 1 spiro atoms. The maximum absolute atomic E-state index is 13.6. The van der Waals surface area contributed by atoms with Crippen LogP contribution in [0.3, 0.4) is 0 Å². The molecule has 38 heavy (non-hydrogen) atoms. The van der Waals surface area contributed by atoms with Gasteiger partial charge in [0.1, 0.15) is 11.1 Å². The Morgan fingerprint density at radius 2 is 1.74 bits per heavy atom. The third kappa shape index (κ3) is 5.98. The zero-order chi connectivity index (χ0) is 27.7. The molecule has 1 saturated carbocycles. The van der Waals surface area contributed by atoms with Crippen LogP contribution in [0.1, 0.15) is 62.4 Å². The SMILES string of the molecule is CC(C)(C)OC(=O)NCc1ccncc1-c1ccc(C(=O)CN2C(=O)NC3(CCC(F)(F)CC3)C2=O)cc1. The Labute approximate surface area is 218 Å². The molecule has 2 aliphatic rings. The van der Waals surface area contributed by atoms with E-state index < -0.39 is 60.3 Å². The topological polar surface area (TPSA) is 118 Å². The Balaban J connectivity index is 1.42. The van der Waals surface area contributed by atoms with Gasteiger partial charge in [-0.25, -0.2) is 18.4 Å². The van der Waals surface area contributed by atoms with E-state index in [0.717, 1.165) is 21.6 Å². The fraction of sp³-hybridized carbons (Fsp3) is 0.444. The first-order valence-electron chi connectivity index (χ1n) is 12.3. The average molecular weight is 529 g/mol. The van der Waals surface area contributed by atoms with Crippen LogP contribution in [0.5, 0.6) is 0 Å². The summed E-state index contributed by atoms with van der Waals surface area (Å²) in [5.41, 5.74) is 0.558. The molecular formula is C27H30F2N4O5. The van der Waals surface area contributed by atoms with E-state index in [9.17, 15) is 28.0 Å². The number of hydrogen-bond donors (Lipinski definition) is 2. The van der Waals surface area contributed by atoms with Gasteiger partial charge < -0.3 is 15.4 Å². The third-order valence-corrected chi connectivity index (χ3v) is 6.63. The quantitative estimate of drug-likeness (QED) is 0.422. The zero-order valence-electron chi connectivity index (χ0n) is 21.5. The van der Waals surface area contributed by atoms with Gasteiger partial charge in [-0.05, 0) is 50.8 Å². The predicted octanol–water partition coefficient (Wildman–Crippen LogP) is 4.46. The Bertz CT molecular complexity index is 1250. The highest BCUT2D eigenvalue weighted by Gasteiger charge is 2.55. The largest absolute Gasteiger partial charge is 0.444 e. The van der Waals surface area contributed by atoms with Crippen molar-refractivity contribution < 1.29 is 32.7 Å². The van der Waals surface area contributed by atoms with Crippen molar-refractivity contribution in [3.63, 3.8) is 0 Å². The van der Waals surface area contributed by atoms with E-state index in [1.54, 1.807) is 63.5 Å². The van der Waals surface area contributed by atoms with Crippen LogP contribution in [0, 0.1) is 0 Å². The molecule has 0 unspecified atom stereocenters. The summed E-state index contributed by atoms with van der Waals surface area (Å²) < 4.78 is 32.5. The van der Waals surface area contributed by atoms with Gasteiger partial charge in [-0.15, -0.1) is 0 Å². The molecule has 2 fully saturated rings. The summed E-state index contributed by atoms with van der Waals surface area (Å²) in [7, 11) is 0. The summed E-state index contributed by atoms with van der Waals surface area (Å²) in [6.07, 6.45) is 1.37. The van der Waals surface area contributed by atoms with Gasteiger partial charge in [0, 0.05) is 42.9 Å². The van der Waals surface area contributed by atoms with E-state index in [-0.39, 0.29) is 24.9 Å². The van der Waals surface area contributed by atoms with E-state index >= 15 is 0 Å². The number of carbonyl (C=O) groups excluding carboxylic acids is 4. The van der Waals surface area contributed by atoms with Gasteiger partial charge in [0.05, 0.1) is 6.54 Å². The van der Waals surface area contributed by atoms with Crippen molar-refractivity contribution in [2.75, 3.05) is 6.54 Å². The Kier molecular flexibility index (Phi) is 7.22. The van der Waals surface area contributed by atoms with Crippen LogP contribution >= 0.6 is 0 Å². The second kappa shape index (κ2) is 10.1. The summed E-state index contributed by atoms with van der Waals surface area (Å²) in [5, 5.41) is 5.25. The highest BCUT2D eigenvalue weighted by molar-refractivity contribution is 6.11. The van der Waals surface area contributed by atoms with Crippen LogP contribution in [0.15, 0.2) is 42.7 Å². The van der Waals surface area contributed by atoms with Gasteiger partial charge in [-0.1, -0.05) is 24.3 Å². The fourth-order valence-electron chi connectivity index (χ4n) is 4.59. The standard InChI is InChI=1S/C27H30F2N4O5/c1-25(2,3)38-24(37)31-14-19-8-13-30-15-20(19)17-4-6-18(7-5-17)21(34)16-33-22(35)26(32-23(33)36)9-11-27(28,29)12-10-26/h4-8,13,15H,9-12,14,16H2,1-3H3,(H,31,37)(H,32,36). The normalized spacial score (nSPS) is 18.3. The number of benzene rings is 1. The van der Waals surface area contributed by atoms with Crippen molar-refractivity contribution in [2.24, 2.45) is 0 Å². The highest BCUT2D eigenvalue weighted by Crippen LogP contribution is 2.41. The average Bonchev–Trinajstić information content (AvgIpc) is 3.08. The number of pyridine rings is 1. The molecule has 0 bridgehead atoms. The number of imide groups is 1. The van der Waals surface area contributed by atoms with E-state index in [2.05, 4.69) is 15.6 Å². The highest BCUT2D eigenvalue weighted by atomic mass is 19.3. The monoisotopic (exact) mass is 528 g/mol. The van der Waals surface area contributed by atoms with Crippen molar-refractivity contribution >= 4 is 23.8 Å². The molecule has 1 aromatic carbocycles. The van der Waals surface area contributed by atoms with Crippen molar-refractivity contribution in [1.29, 1.82) is 0 Å². The van der Waals surface area contributed by atoms with Crippen LogP contribution in [-0.4, -0.2) is 57.3 Å². The summed E-state index contributed by atoms with van der Waals surface area (Å²) >= 11 is 0. The number of aromatic nitrogens is 1. The molecule has 4 amide bonds. The molecule has 1 aliphatic carbocycles. The van der Waals surface area contributed by atoms with Crippen LogP contribution in [0.2, 0.25) is 0 Å². The molecule has 2 aromatic rings. The van der Waals surface area contributed by atoms with Gasteiger partial charge in [-0.2, -0.15) is 0 Å². The smallest absolute Gasteiger partial charge is 0.407 e. The van der Waals surface area contributed by atoms with E-state index in [4.69, 9.17) is 4.74 Å². The van der Waals surface area contributed by atoms with Gasteiger partial charge in [-0.3, -0.25) is 19.5 Å². The minimum absolute atomic E-state index is 0.166. The third-order valence-electron chi connectivity index (χ3n) is 6.63. The molecule has 202 valence electrons. The Morgan fingerprint density at radius 1 is 1.08 bits per heavy atom. The number of Topliss-reactive ketones (excluding diaryl/α,β-unsaturated/α-hetero) is 1. The van der Waals surface area contributed by atoms with Crippen molar-refractivity contribution in [2.45, 2.75) is 70.1 Å². The van der Waals surface area contributed by atoms with Crippen LogP contribution in [-0.2, 0) is 16.1 Å². The molecule has 1 saturated heterocycles. The predicted molar refractivity (Wildman–Crippen MR) is 133 cm³/mol. The molecular weight excluding hydrogens is 498 g/mol. The first-order valence-corrected chi connectivity index (χ1v) is 12.3. The first kappa shape index (κ1) is 27.2. The number of rotatable bonds is 6. The molecule has 11 heteroatoms. The maximum Gasteiger partial charge on any atom is 0.407 e. The van der Waals surface area contributed by atoms with Gasteiger partial charge in [0.25, 0.3) is 5.91 Å². The molecule has 2 N–H and O–H groups in total. The molecule has 4 rings (SSSR count). The van der Waals surface area contributed by atoms with Crippen LogP contribution in [0.4, 0.5) is 18.4 Å². The molecule has 0 atom stereocenters. The molecule has 9 nitrogen and oxygen atoms in total. The minimum atomic E-state index is -2.86. The van der Waals surface area contributed by atoms with Gasteiger partial charge in [0.2, 0.25) is 5.92 Å². The number of hydrogen-bond acceptors (Lipinski definition) is 6. The minimum Gasteiger partial charge on any atom is -0.444 e. The molecule has 1 aromatic heterocycles. The number of alkyl halides is 2. The summed E-state index contributed by atoms with van der Waals surface area (Å²) in [6, 6.07) is 7.58. The van der Waals surface area contributed by atoms with Crippen molar-refractivity contribution in [1.82, 2.24) is 20.5 Å². The molecule has 0 radical (unpaired) electrons. The van der Waals surface area contributed by atoms with E-state index in [0.29, 0.717) is 0 Å². The number of carbonyl (C=O) groups is 4. The second-order valence-electron chi connectivity index (χ2n) is 10.6. The number of ether oxygens (including phenoxy) is 1. The van der Waals surface area contributed by atoms with Crippen LogP contribution < -0.4 is 10.6 Å². The van der Waals surface area contributed by atoms with Crippen molar-refractivity contribution in [3.05, 3.63) is 53.9 Å². The first-order chi connectivity index (χ1) is 17.8. The lowest BCUT2D eigenvalue weighted by Crippen LogP contribution is -2.51. The summed E-state index contributed by atoms with van der Waals surface area (Å²) in [5.74, 6) is -3.96. The van der Waals surface area contributed by atoms with E-state index in [1.807, 2.05) is 0 Å². The fourth-order valence-corrected chi connectivity index (χ4v) is 4.59. The number of halogens is 2. The number of ketones is 1. The lowest BCUT2D eigenvalue weighted by molar-refractivity contribution is -0.135. The second-order valence-corrected chi connectivity index (χ2v) is 10.6. The lowest BCUT2D eigenvalue weighted by Gasteiger charge is -2.34. The van der Waals surface area contributed by atoms with Crippen molar-refractivity contribution in [3.8, 4) is 11.1 Å². The molecule has 1 aliphatic heterocycles. The summed E-state index contributed by atoms with van der Waals surface area (Å²) in [4.78, 5) is 55.3.